The number of carbonyl (C=O) groups excluding carboxylic acids is 1. The first-order chi connectivity index (χ1) is 7.73. The van der Waals surface area contributed by atoms with E-state index in [0.29, 0.717) is 12.3 Å². The van der Waals surface area contributed by atoms with Crippen molar-refractivity contribution in [1.29, 1.82) is 0 Å². The Bertz CT molecular complexity index is 217. The van der Waals surface area contributed by atoms with Crippen molar-refractivity contribution in [1.82, 2.24) is 0 Å². The normalized spacial score (nSPS) is 12.2. The van der Waals surface area contributed by atoms with E-state index in [9.17, 15) is 4.79 Å². The van der Waals surface area contributed by atoms with Gasteiger partial charge < -0.3 is 4.74 Å². The van der Waals surface area contributed by atoms with E-state index in [0.717, 1.165) is 12.3 Å². The standard InChI is InChI=1S/C15H29O2/c1-12(2)7-8-15(5,6)9-10-17-14(16)11-13(3)4/h10,12-13H,7-9,11H2,1-6H3. The Kier molecular flexibility index (Phi) is 7.49. The summed E-state index contributed by atoms with van der Waals surface area (Å²) in [5, 5.41) is 0. The highest BCUT2D eigenvalue weighted by Gasteiger charge is 2.19. The van der Waals surface area contributed by atoms with Crippen LogP contribution >= 0.6 is 0 Å². The van der Waals surface area contributed by atoms with Gasteiger partial charge in [-0.15, -0.1) is 0 Å². The summed E-state index contributed by atoms with van der Waals surface area (Å²) >= 11 is 0. The van der Waals surface area contributed by atoms with Gasteiger partial charge >= 0.3 is 5.97 Å². The van der Waals surface area contributed by atoms with Crippen LogP contribution in [0, 0.1) is 23.9 Å². The van der Waals surface area contributed by atoms with Crippen molar-refractivity contribution < 1.29 is 9.53 Å². The first kappa shape index (κ1) is 16.5. The van der Waals surface area contributed by atoms with E-state index in [1.165, 1.54) is 12.8 Å². The molecule has 0 rings (SSSR count). The maximum atomic E-state index is 11.4. The first-order valence-electron chi connectivity index (χ1n) is 6.74. The molecule has 0 aliphatic heterocycles. The fourth-order valence-corrected chi connectivity index (χ4v) is 1.52. The van der Waals surface area contributed by atoms with Gasteiger partial charge in [0.05, 0.1) is 0 Å². The first-order valence-corrected chi connectivity index (χ1v) is 6.74. The minimum Gasteiger partial charge on any atom is -0.458 e. The van der Waals surface area contributed by atoms with Crippen LogP contribution in [0.15, 0.2) is 0 Å². The molecule has 0 fully saturated rings. The summed E-state index contributed by atoms with van der Waals surface area (Å²) in [5.74, 6) is 0.988. The molecule has 0 atom stereocenters. The summed E-state index contributed by atoms with van der Waals surface area (Å²) in [6.07, 6.45) is 3.73. The minimum atomic E-state index is -0.111. The van der Waals surface area contributed by atoms with E-state index in [1.807, 2.05) is 13.8 Å². The van der Waals surface area contributed by atoms with Gasteiger partial charge in [0, 0.05) is 6.42 Å². The van der Waals surface area contributed by atoms with Crippen molar-refractivity contribution in [3.05, 3.63) is 6.61 Å². The highest BCUT2D eigenvalue weighted by Crippen LogP contribution is 2.29. The second kappa shape index (κ2) is 7.73. The van der Waals surface area contributed by atoms with Crippen molar-refractivity contribution in [2.75, 3.05) is 0 Å². The van der Waals surface area contributed by atoms with Crippen molar-refractivity contribution in [3.8, 4) is 0 Å². The number of hydrogen-bond acceptors (Lipinski definition) is 2. The van der Waals surface area contributed by atoms with E-state index in [4.69, 9.17) is 4.74 Å². The van der Waals surface area contributed by atoms with Crippen LogP contribution in [0.2, 0.25) is 0 Å². The average molecular weight is 241 g/mol. The fourth-order valence-electron chi connectivity index (χ4n) is 1.52. The van der Waals surface area contributed by atoms with Gasteiger partial charge in [0.1, 0.15) is 6.61 Å². The molecule has 0 spiro atoms. The molecule has 0 N–H and O–H groups in total. The van der Waals surface area contributed by atoms with E-state index < -0.39 is 0 Å². The molecule has 0 heterocycles. The predicted molar refractivity (Wildman–Crippen MR) is 72.3 cm³/mol. The molecule has 0 saturated carbocycles. The summed E-state index contributed by atoms with van der Waals surface area (Å²) < 4.78 is 5.13. The highest BCUT2D eigenvalue weighted by atomic mass is 16.5. The van der Waals surface area contributed by atoms with Crippen LogP contribution < -0.4 is 0 Å². The minimum absolute atomic E-state index is 0.111. The number of carbonyl (C=O) groups is 1. The van der Waals surface area contributed by atoms with Crippen molar-refractivity contribution in [2.45, 2.75) is 67.2 Å². The third-order valence-electron chi connectivity index (χ3n) is 2.82. The van der Waals surface area contributed by atoms with Crippen LogP contribution in [0.1, 0.15) is 67.2 Å². The highest BCUT2D eigenvalue weighted by molar-refractivity contribution is 5.69. The lowest BCUT2D eigenvalue weighted by molar-refractivity contribution is -0.141. The molecule has 2 heteroatoms. The molecule has 0 aromatic heterocycles. The SMILES string of the molecule is CC(C)CCC(C)(C)C[CH]OC(=O)CC(C)C. The van der Waals surface area contributed by atoms with Crippen LogP contribution in [0.25, 0.3) is 0 Å². The van der Waals surface area contributed by atoms with Gasteiger partial charge in [-0.05, 0) is 30.1 Å². The number of hydrogen-bond donors (Lipinski definition) is 0. The zero-order valence-corrected chi connectivity index (χ0v) is 12.4. The molecule has 17 heavy (non-hydrogen) atoms. The predicted octanol–water partition coefficient (Wildman–Crippen LogP) is 4.59. The summed E-state index contributed by atoms with van der Waals surface area (Å²) in [6.45, 7) is 14.7. The van der Waals surface area contributed by atoms with Gasteiger partial charge in [-0.2, -0.15) is 0 Å². The lowest BCUT2D eigenvalue weighted by atomic mass is 9.83. The third kappa shape index (κ3) is 10.3. The number of rotatable bonds is 8. The maximum Gasteiger partial charge on any atom is 0.306 e. The Morgan fingerprint density at radius 1 is 1.18 bits per heavy atom. The lowest BCUT2D eigenvalue weighted by Crippen LogP contribution is -2.15. The second-order valence-corrected chi connectivity index (χ2v) is 6.56. The Morgan fingerprint density at radius 3 is 2.24 bits per heavy atom. The van der Waals surface area contributed by atoms with Crippen molar-refractivity contribution >= 4 is 5.97 Å². The summed E-state index contributed by atoms with van der Waals surface area (Å²) in [4.78, 5) is 11.4. The smallest absolute Gasteiger partial charge is 0.306 e. The molecule has 1 radical (unpaired) electrons. The molecule has 0 bridgehead atoms. The molecule has 0 aromatic rings. The van der Waals surface area contributed by atoms with E-state index in [-0.39, 0.29) is 11.4 Å². The van der Waals surface area contributed by atoms with Gasteiger partial charge in [0.25, 0.3) is 0 Å². The third-order valence-corrected chi connectivity index (χ3v) is 2.82. The quantitative estimate of drug-likeness (QED) is 0.581. The molecular formula is C15H29O2. The molecule has 0 unspecified atom stereocenters. The molecule has 0 saturated heterocycles. The molecule has 101 valence electrons. The molecule has 0 aliphatic rings. The molecule has 0 aromatic carbocycles. The van der Waals surface area contributed by atoms with Crippen molar-refractivity contribution in [3.63, 3.8) is 0 Å². The Morgan fingerprint density at radius 2 is 1.76 bits per heavy atom. The zero-order valence-electron chi connectivity index (χ0n) is 12.4. The van der Waals surface area contributed by atoms with Crippen LogP contribution in [-0.4, -0.2) is 5.97 Å². The Balaban J connectivity index is 3.75. The zero-order chi connectivity index (χ0) is 13.5. The summed E-state index contributed by atoms with van der Waals surface area (Å²) in [5.41, 5.74) is 0.225. The van der Waals surface area contributed by atoms with E-state index in [1.54, 1.807) is 6.61 Å². The van der Waals surface area contributed by atoms with Crippen LogP contribution in [-0.2, 0) is 9.53 Å². The largest absolute Gasteiger partial charge is 0.458 e. The van der Waals surface area contributed by atoms with Crippen molar-refractivity contribution in [2.24, 2.45) is 17.3 Å². The lowest BCUT2D eigenvalue weighted by Gasteiger charge is -2.24. The van der Waals surface area contributed by atoms with E-state index in [2.05, 4.69) is 27.7 Å². The average Bonchev–Trinajstić information content (AvgIpc) is 2.13. The van der Waals surface area contributed by atoms with E-state index >= 15 is 0 Å². The molecule has 0 amide bonds. The maximum absolute atomic E-state index is 11.4. The molecule has 0 aliphatic carbocycles. The Hall–Kier alpha value is -0.530. The van der Waals surface area contributed by atoms with Gasteiger partial charge in [0.2, 0.25) is 0 Å². The van der Waals surface area contributed by atoms with Crippen LogP contribution in [0.5, 0.6) is 0 Å². The van der Waals surface area contributed by atoms with Gasteiger partial charge in [-0.1, -0.05) is 48.0 Å². The molecule has 2 nitrogen and oxygen atoms in total. The summed E-state index contributed by atoms with van der Waals surface area (Å²) in [7, 11) is 0. The van der Waals surface area contributed by atoms with Gasteiger partial charge in [0.15, 0.2) is 0 Å². The fraction of sp³-hybridized carbons (Fsp3) is 0.867. The van der Waals surface area contributed by atoms with Gasteiger partial charge in [-0.3, -0.25) is 4.79 Å². The Labute approximate surface area is 107 Å². The van der Waals surface area contributed by atoms with Gasteiger partial charge in [-0.25, -0.2) is 0 Å². The number of ether oxygens (including phenoxy) is 1. The second-order valence-electron chi connectivity index (χ2n) is 6.56. The van der Waals surface area contributed by atoms with Crippen LogP contribution in [0.4, 0.5) is 0 Å². The van der Waals surface area contributed by atoms with Crippen LogP contribution in [0.3, 0.4) is 0 Å². The summed E-state index contributed by atoms with van der Waals surface area (Å²) in [6, 6.07) is 0. The topological polar surface area (TPSA) is 26.3 Å². The molecular weight excluding hydrogens is 212 g/mol. The number of esters is 1. The monoisotopic (exact) mass is 241 g/mol.